The van der Waals surface area contributed by atoms with Crippen LogP contribution in [0.3, 0.4) is 0 Å². The van der Waals surface area contributed by atoms with E-state index < -0.39 is 6.04 Å². The first-order chi connectivity index (χ1) is 8.06. The minimum absolute atomic E-state index is 0.0367. The van der Waals surface area contributed by atoms with E-state index in [9.17, 15) is 4.79 Å². The first-order valence-electron chi connectivity index (χ1n) is 6.22. The second-order valence-corrected chi connectivity index (χ2v) is 4.95. The van der Waals surface area contributed by atoms with Crippen LogP contribution < -0.4 is 10.6 Å². The van der Waals surface area contributed by atoms with Gasteiger partial charge in [-0.3, -0.25) is 4.79 Å². The van der Waals surface area contributed by atoms with Crippen molar-refractivity contribution in [1.29, 1.82) is 0 Å². The molecule has 92 valence electrons. The van der Waals surface area contributed by atoms with Crippen LogP contribution in [0.5, 0.6) is 0 Å². The fourth-order valence-electron chi connectivity index (χ4n) is 2.33. The van der Waals surface area contributed by atoms with Gasteiger partial charge in [-0.1, -0.05) is 38.5 Å². The monoisotopic (exact) mass is 232 g/mol. The molecule has 3 heteroatoms. The number of amides is 1. The Labute approximate surface area is 103 Å². The third kappa shape index (κ3) is 1.95. The molecule has 1 aliphatic rings. The van der Waals surface area contributed by atoms with Gasteiger partial charge >= 0.3 is 0 Å². The summed E-state index contributed by atoms with van der Waals surface area (Å²) in [5, 5.41) is 0. The number of hydrogen-bond donors (Lipinski definition) is 1. The van der Waals surface area contributed by atoms with Gasteiger partial charge in [-0.05, 0) is 18.4 Å². The SMILES string of the molecule is CCC(C)CN1C(=O)C(N)c2cccc(C)c21. The number of para-hydroxylation sites is 1. The summed E-state index contributed by atoms with van der Waals surface area (Å²) >= 11 is 0. The number of rotatable bonds is 3. The van der Waals surface area contributed by atoms with Crippen LogP contribution in [0, 0.1) is 12.8 Å². The van der Waals surface area contributed by atoms with Gasteiger partial charge in [-0.2, -0.15) is 0 Å². The molecule has 1 aliphatic heterocycles. The Kier molecular flexibility index (Phi) is 3.20. The molecule has 0 bridgehead atoms. The van der Waals surface area contributed by atoms with Crippen LogP contribution in [0.4, 0.5) is 5.69 Å². The van der Waals surface area contributed by atoms with Gasteiger partial charge in [0.1, 0.15) is 6.04 Å². The molecular weight excluding hydrogens is 212 g/mol. The standard InChI is InChI=1S/C14H20N2O/c1-4-9(2)8-16-13-10(3)6-5-7-11(13)12(15)14(16)17/h5-7,9,12H,4,8,15H2,1-3H3. The number of nitrogens with zero attached hydrogens (tertiary/aromatic N) is 1. The Morgan fingerprint density at radius 2 is 2.18 bits per heavy atom. The van der Waals surface area contributed by atoms with E-state index in [0.717, 1.165) is 29.8 Å². The fraction of sp³-hybridized carbons (Fsp3) is 0.500. The average molecular weight is 232 g/mol. The summed E-state index contributed by atoms with van der Waals surface area (Å²) < 4.78 is 0. The lowest BCUT2D eigenvalue weighted by atomic mass is 10.1. The maximum absolute atomic E-state index is 12.2. The Hall–Kier alpha value is -1.35. The highest BCUT2D eigenvalue weighted by Crippen LogP contribution is 2.37. The summed E-state index contributed by atoms with van der Waals surface area (Å²) in [6.07, 6.45) is 1.07. The van der Waals surface area contributed by atoms with E-state index in [1.165, 1.54) is 0 Å². The molecule has 2 N–H and O–H groups in total. The quantitative estimate of drug-likeness (QED) is 0.869. The highest BCUT2D eigenvalue weighted by atomic mass is 16.2. The molecule has 0 saturated heterocycles. The van der Waals surface area contributed by atoms with E-state index in [0.29, 0.717) is 5.92 Å². The van der Waals surface area contributed by atoms with Crippen LogP contribution in [0.25, 0.3) is 0 Å². The second kappa shape index (κ2) is 4.49. The Balaban J connectivity index is 2.39. The minimum Gasteiger partial charge on any atom is -0.316 e. The summed E-state index contributed by atoms with van der Waals surface area (Å²) in [7, 11) is 0. The van der Waals surface area contributed by atoms with Crippen molar-refractivity contribution in [3.63, 3.8) is 0 Å². The number of benzene rings is 1. The largest absolute Gasteiger partial charge is 0.316 e. The molecule has 1 amide bonds. The van der Waals surface area contributed by atoms with Crippen molar-refractivity contribution in [1.82, 2.24) is 0 Å². The molecule has 2 rings (SSSR count). The molecule has 17 heavy (non-hydrogen) atoms. The summed E-state index contributed by atoms with van der Waals surface area (Å²) in [4.78, 5) is 14.0. The number of fused-ring (bicyclic) bond motifs is 1. The molecule has 2 atom stereocenters. The summed E-state index contributed by atoms with van der Waals surface area (Å²) in [6.45, 7) is 7.10. The van der Waals surface area contributed by atoms with Crippen LogP contribution >= 0.6 is 0 Å². The number of carbonyl (C=O) groups excluding carboxylic acids is 1. The first-order valence-corrected chi connectivity index (χ1v) is 6.22. The number of hydrogen-bond acceptors (Lipinski definition) is 2. The molecule has 0 fully saturated rings. The molecular formula is C14H20N2O. The van der Waals surface area contributed by atoms with E-state index in [2.05, 4.69) is 13.8 Å². The molecule has 0 aliphatic carbocycles. The van der Waals surface area contributed by atoms with Crippen molar-refractivity contribution in [3.8, 4) is 0 Å². The van der Waals surface area contributed by atoms with Gasteiger partial charge in [0, 0.05) is 12.1 Å². The van der Waals surface area contributed by atoms with Crippen molar-refractivity contribution in [2.45, 2.75) is 33.2 Å². The van der Waals surface area contributed by atoms with Gasteiger partial charge in [0.25, 0.3) is 0 Å². The van der Waals surface area contributed by atoms with Gasteiger partial charge in [0.2, 0.25) is 5.91 Å². The molecule has 0 radical (unpaired) electrons. The third-order valence-electron chi connectivity index (χ3n) is 3.60. The van der Waals surface area contributed by atoms with Crippen LogP contribution in [-0.4, -0.2) is 12.5 Å². The van der Waals surface area contributed by atoms with Crippen LogP contribution in [0.1, 0.15) is 37.4 Å². The predicted octanol–water partition coefficient (Wildman–Crippen LogP) is 2.39. The molecule has 0 spiro atoms. The number of carbonyl (C=O) groups is 1. The predicted molar refractivity (Wildman–Crippen MR) is 69.9 cm³/mol. The van der Waals surface area contributed by atoms with Gasteiger partial charge in [0.05, 0.1) is 5.69 Å². The Bertz CT molecular complexity index is 442. The van der Waals surface area contributed by atoms with Gasteiger partial charge in [-0.25, -0.2) is 0 Å². The van der Waals surface area contributed by atoms with Gasteiger partial charge in [-0.15, -0.1) is 0 Å². The molecule has 0 saturated carbocycles. The zero-order chi connectivity index (χ0) is 12.6. The van der Waals surface area contributed by atoms with Crippen molar-refractivity contribution in [3.05, 3.63) is 29.3 Å². The maximum Gasteiger partial charge on any atom is 0.248 e. The van der Waals surface area contributed by atoms with Crippen molar-refractivity contribution < 1.29 is 4.79 Å². The average Bonchev–Trinajstić information content (AvgIpc) is 2.56. The molecule has 2 unspecified atom stereocenters. The molecule has 0 aromatic heterocycles. The third-order valence-corrected chi connectivity index (χ3v) is 3.60. The number of aryl methyl sites for hydroxylation is 1. The second-order valence-electron chi connectivity index (χ2n) is 4.95. The lowest BCUT2D eigenvalue weighted by molar-refractivity contribution is -0.119. The molecule has 1 aromatic rings. The lowest BCUT2D eigenvalue weighted by Gasteiger charge is -2.22. The van der Waals surface area contributed by atoms with Gasteiger partial charge in [0.15, 0.2) is 0 Å². The zero-order valence-electron chi connectivity index (χ0n) is 10.7. The first kappa shape index (κ1) is 12.1. The van der Waals surface area contributed by atoms with Crippen molar-refractivity contribution in [2.24, 2.45) is 11.7 Å². The van der Waals surface area contributed by atoms with E-state index in [1.807, 2.05) is 30.0 Å². The smallest absolute Gasteiger partial charge is 0.248 e. The molecule has 1 aromatic carbocycles. The molecule has 1 heterocycles. The van der Waals surface area contributed by atoms with Gasteiger partial charge < -0.3 is 10.6 Å². The summed E-state index contributed by atoms with van der Waals surface area (Å²) in [5.74, 6) is 0.534. The topological polar surface area (TPSA) is 46.3 Å². The fourth-order valence-corrected chi connectivity index (χ4v) is 2.33. The van der Waals surface area contributed by atoms with Crippen molar-refractivity contribution in [2.75, 3.05) is 11.4 Å². The Morgan fingerprint density at radius 1 is 1.47 bits per heavy atom. The van der Waals surface area contributed by atoms with Crippen LogP contribution in [0.2, 0.25) is 0 Å². The van der Waals surface area contributed by atoms with E-state index >= 15 is 0 Å². The van der Waals surface area contributed by atoms with Crippen LogP contribution in [0.15, 0.2) is 18.2 Å². The van der Waals surface area contributed by atoms with E-state index in [1.54, 1.807) is 0 Å². The lowest BCUT2D eigenvalue weighted by Crippen LogP contribution is -2.35. The van der Waals surface area contributed by atoms with E-state index in [4.69, 9.17) is 5.73 Å². The zero-order valence-corrected chi connectivity index (χ0v) is 10.7. The highest BCUT2D eigenvalue weighted by molar-refractivity contribution is 6.05. The number of anilines is 1. The minimum atomic E-state index is -0.478. The van der Waals surface area contributed by atoms with Crippen molar-refractivity contribution >= 4 is 11.6 Å². The summed E-state index contributed by atoms with van der Waals surface area (Å²) in [5.41, 5.74) is 9.11. The molecule has 3 nitrogen and oxygen atoms in total. The summed E-state index contributed by atoms with van der Waals surface area (Å²) in [6, 6.07) is 5.48. The van der Waals surface area contributed by atoms with Crippen LogP contribution in [-0.2, 0) is 4.79 Å². The van der Waals surface area contributed by atoms with E-state index in [-0.39, 0.29) is 5.91 Å². The maximum atomic E-state index is 12.2. The normalized spacial score (nSPS) is 20.6. The Morgan fingerprint density at radius 3 is 2.82 bits per heavy atom. The number of nitrogens with two attached hydrogens (primary N) is 1. The highest BCUT2D eigenvalue weighted by Gasteiger charge is 2.35.